The maximum atomic E-state index is 12.7. The van der Waals surface area contributed by atoms with Gasteiger partial charge in [-0.25, -0.2) is 9.59 Å². The lowest BCUT2D eigenvalue weighted by molar-refractivity contribution is -0.159. The standard InChI is InChI=1S/C23H24N2O7/c1-12(25-21(28)17-5-3-4-6-18(17)22(25)29)23(30)31-11-14-9-20(27)32-19-10-15(24-13(2)26)7-8-16(14)19/h7-10,12,17-18H,3-6,11H2,1-2H3,(H,24,26)/t12-,17?,18?/m1/s1. The first-order valence-electron chi connectivity index (χ1n) is 10.6. The highest BCUT2D eigenvalue weighted by Crippen LogP contribution is 2.39. The number of hydrogen-bond donors (Lipinski definition) is 1. The van der Waals surface area contributed by atoms with Gasteiger partial charge < -0.3 is 14.5 Å². The van der Waals surface area contributed by atoms with Crippen LogP contribution in [0, 0.1) is 11.8 Å². The minimum absolute atomic E-state index is 0.228. The van der Waals surface area contributed by atoms with E-state index in [9.17, 15) is 24.0 Å². The van der Waals surface area contributed by atoms with Crippen LogP contribution in [0.1, 0.15) is 45.1 Å². The van der Waals surface area contributed by atoms with Crippen LogP contribution in [0.2, 0.25) is 0 Å². The second-order valence-corrected chi connectivity index (χ2v) is 8.31. The second kappa shape index (κ2) is 8.57. The van der Waals surface area contributed by atoms with Crippen molar-refractivity contribution in [1.29, 1.82) is 0 Å². The van der Waals surface area contributed by atoms with Crippen LogP contribution >= 0.6 is 0 Å². The second-order valence-electron chi connectivity index (χ2n) is 8.31. The number of nitrogens with one attached hydrogen (secondary N) is 1. The van der Waals surface area contributed by atoms with Gasteiger partial charge in [-0.2, -0.15) is 0 Å². The van der Waals surface area contributed by atoms with Gasteiger partial charge >= 0.3 is 11.6 Å². The molecular weight excluding hydrogens is 416 g/mol. The molecule has 3 atom stereocenters. The van der Waals surface area contributed by atoms with E-state index in [1.54, 1.807) is 12.1 Å². The van der Waals surface area contributed by atoms with Crippen molar-refractivity contribution in [3.05, 3.63) is 40.2 Å². The molecule has 0 spiro atoms. The Balaban J connectivity index is 1.50. The molecule has 1 saturated heterocycles. The van der Waals surface area contributed by atoms with Crippen LogP contribution < -0.4 is 10.9 Å². The highest BCUT2D eigenvalue weighted by Gasteiger charge is 2.51. The average molecular weight is 440 g/mol. The molecule has 9 nitrogen and oxygen atoms in total. The van der Waals surface area contributed by atoms with Crippen LogP contribution in [0.25, 0.3) is 11.0 Å². The highest BCUT2D eigenvalue weighted by atomic mass is 16.5. The number of nitrogens with zero attached hydrogens (tertiary/aromatic N) is 1. The fraction of sp³-hybridized carbons (Fsp3) is 0.435. The minimum Gasteiger partial charge on any atom is -0.459 e. The Hall–Kier alpha value is -3.49. The third kappa shape index (κ3) is 4.02. The largest absolute Gasteiger partial charge is 0.459 e. The first-order valence-corrected chi connectivity index (χ1v) is 10.6. The zero-order chi connectivity index (χ0) is 23.0. The minimum atomic E-state index is -1.04. The summed E-state index contributed by atoms with van der Waals surface area (Å²) < 4.78 is 10.6. The van der Waals surface area contributed by atoms with E-state index in [4.69, 9.17) is 9.15 Å². The Bertz CT molecular complexity index is 1140. The number of hydrogen-bond acceptors (Lipinski definition) is 7. The number of carbonyl (C=O) groups excluding carboxylic acids is 4. The Kier molecular flexibility index (Phi) is 5.82. The molecule has 1 aliphatic heterocycles. The zero-order valence-corrected chi connectivity index (χ0v) is 17.9. The van der Waals surface area contributed by atoms with E-state index in [1.165, 1.54) is 26.0 Å². The maximum absolute atomic E-state index is 12.7. The maximum Gasteiger partial charge on any atom is 0.336 e. The van der Waals surface area contributed by atoms with Gasteiger partial charge in [-0.3, -0.25) is 19.3 Å². The van der Waals surface area contributed by atoms with E-state index in [2.05, 4.69) is 5.32 Å². The van der Waals surface area contributed by atoms with Gasteiger partial charge in [-0.15, -0.1) is 0 Å². The summed E-state index contributed by atoms with van der Waals surface area (Å²) in [7, 11) is 0. The number of benzene rings is 1. The number of esters is 1. The summed E-state index contributed by atoms with van der Waals surface area (Å²) in [6.07, 6.45) is 3.14. The van der Waals surface area contributed by atoms with Crippen LogP contribution in [0.4, 0.5) is 5.69 Å². The van der Waals surface area contributed by atoms with E-state index in [0.717, 1.165) is 17.7 Å². The van der Waals surface area contributed by atoms with Crippen molar-refractivity contribution >= 4 is 40.3 Å². The van der Waals surface area contributed by atoms with Gasteiger partial charge in [0.1, 0.15) is 18.2 Å². The number of ether oxygens (including phenoxy) is 1. The van der Waals surface area contributed by atoms with Gasteiger partial charge in [0.2, 0.25) is 17.7 Å². The molecule has 3 amide bonds. The fourth-order valence-corrected chi connectivity index (χ4v) is 4.57. The molecule has 1 saturated carbocycles. The molecule has 2 heterocycles. The topological polar surface area (TPSA) is 123 Å². The molecule has 1 aromatic heterocycles. The van der Waals surface area contributed by atoms with Gasteiger partial charge in [-0.05, 0) is 31.9 Å². The van der Waals surface area contributed by atoms with E-state index in [1.807, 2.05) is 0 Å². The van der Waals surface area contributed by atoms with Crippen LogP contribution in [0.5, 0.6) is 0 Å². The number of anilines is 1. The molecule has 168 valence electrons. The van der Waals surface area contributed by atoms with Crippen LogP contribution in [0.3, 0.4) is 0 Å². The van der Waals surface area contributed by atoms with Crippen LogP contribution in [-0.4, -0.2) is 34.6 Å². The monoisotopic (exact) mass is 440 g/mol. The number of imide groups is 1. The number of carbonyl (C=O) groups is 4. The third-order valence-electron chi connectivity index (χ3n) is 6.12. The first kappa shape index (κ1) is 21.7. The molecule has 2 unspecified atom stereocenters. The van der Waals surface area contributed by atoms with Gasteiger partial charge in [0.15, 0.2) is 0 Å². The van der Waals surface area contributed by atoms with Crippen molar-refractivity contribution in [2.45, 2.75) is 52.2 Å². The number of fused-ring (bicyclic) bond motifs is 2. The van der Waals surface area contributed by atoms with Gasteiger partial charge in [0.05, 0.1) is 11.8 Å². The fourth-order valence-electron chi connectivity index (χ4n) is 4.57. The molecule has 2 aliphatic rings. The molecular formula is C23H24N2O7. The number of rotatable bonds is 5. The van der Waals surface area contributed by atoms with Crippen molar-refractivity contribution in [3.8, 4) is 0 Å². The number of amides is 3. The SMILES string of the molecule is CC(=O)Nc1ccc2c(COC(=O)[C@@H](C)N3C(=O)C4CCCCC4C3=O)cc(=O)oc2c1. The Morgan fingerprint density at radius 1 is 1.12 bits per heavy atom. The van der Waals surface area contributed by atoms with Crippen LogP contribution in [-0.2, 0) is 30.5 Å². The molecule has 1 aliphatic carbocycles. The lowest BCUT2D eigenvalue weighted by Crippen LogP contribution is -2.44. The molecule has 4 rings (SSSR count). The zero-order valence-electron chi connectivity index (χ0n) is 17.9. The molecule has 2 fully saturated rings. The van der Waals surface area contributed by atoms with E-state index in [-0.39, 0.29) is 41.7 Å². The number of likely N-dealkylation sites (tertiary alicyclic amines) is 1. The third-order valence-corrected chi connectivity index (χ3v) is 6.12. The summed E-state index contributed by atoms with van der Waals surface area (Å²) in [5, 5.41) is 3.15. The predicted octanol–water partition coefficient (Wildman–Crippen LogP) is 2.36. The van der Waals surface area contributed by atoms with Crippen molar-refractivity contribution in [2.75, 3.05) is 5.32 Å². The normalized spacial score (nSPS) is 21.4. The Morgan fingerprint density at radius 3 is 2.41 bits per heavy atom. The summed E-state index contributed by atoms with van der Waals surface area (Å²) >= 11 is 0. The Morgan fingerprint density at radius 2 is 1.78 bits per heavy atom. The average Bonchev–Trinajstić information content (AvgIpc) is 3.01. The lowest BCUT2D eigenvalue weighted by Gasteiger charge is -2.21. The van der Waals surface area contributed by atoms with Crippen molar-refractivity contribution in [2.24, 2.45) is 11.8 Å². The highest BCUT2D eigenvalue weighted by molar-refractivity contribution is 6.07. The molecule has 32 heavy (non-hydrogen) atoms. The van der Waals surface area contributed by atoms with Gasteiger partial charge in [-0.1, -0.05) is 12.8 Å². The summed E-state index contributed by atoms with van der Waals surface area (Å²) in [5.41, 5.74) is 0.477. The molecule has 1 aromatic carbocycles. The quantitative estimate of drug-likeness (QED) is 0.430. The predicted molar refractivity (Wildman–Crippen MR) is 113 cm³/mol. The Labute approximate surface area is 183 Å². The summed E-state index contributed by atoms with van der Waals surface area (Å²) in [6, 6.07) is 4.97. The van der Waals surface area contributed by atoms with Gasteiger partial charge in [0.25, 0.3) is 0 Å². The lowest BCUT2D eigenvalue weighted by atomic mass is 9.81. The van der Waals surface area contributed by atoms with E-state index < -0.39 is 17.6 Å². The molecule has 2 aromatic rings. The molecule has 1 N–H and O–H groups in total. The molecule has 0 bridgehead atoms. The molecule has 9 heteroatoms. The van der Waals surface area contributed by atoms with Crippen LogP contribution in [0.15, 0.2) is 33.5 Å². The van der Waals surface area contributed by atoms with Gasteiger partial charge in [0, 0.05) is 35.7 Å². The summed E-state index contributed by atoms with van der Waals surface area (Å²) in [6.45, 7) is 2.61. The summed E-state index contributed by atoms with van der Waals surface area (Å²) in [5.74, 6) is -2.28. The smallest absolute Gasteiger partial charge is 0.336 e. The molecule has 0 radical (unpaired) electrons. The van der Waals surface area contributed by atoms with Crippen molar-refractivity contribution in [3.63, 3.8) is 0 Å². The summed E-state index contributed by atoms with van der Waals surface area (Å²) in [4.78, 5) is 62.4. The van der Waals surface area contributed by atoms with Crippen molar-refractivity contribution < 1.29 is 28.3 Å². The van der Waals surface area contributed by atoms with E-state index >= 15 is 0 Å². The first-order chi connectivity index (χ1) is 15.3. The van der Waals surface area contributed by atoms with E-state index in [0.29, 0.717) is 29.5 Å². The van der Waals surface area contributed by atoms with Crippen molar-refractivity contribution in [1.82, 2.24) is 4.90 Å².